The number of nitrogens with zero attached hydrogens (tertiary/aromatic N) is 3. The molecule has 1 aromatic heterocycles. The third kappa shape index (κ3) is 3.54. The van der Waals surface area contributed by atoms with Gasteiger partial charge >= 0.3 is 0 Å². The van der Waals surface area contributed by atoms with E-state index in [4.69, 9.17) is 5.10 Å². The molecule has 0 aromatic carbocycles. The van der Waals surface area contributed by atoms with Crippen LogP contribution in [0.25, 0.3) is 0 Å². The standard InChI is InChI=1S/C17H37N3Si3/c1-8-22(9-2)12-13-23(10-3,11-4)19(16-22)17-14-18-20(15-17)21(5,6)7/h14-15H,8-13,16H2,1-7H3. The van der Waals surface area contributed by atoms with E-state index in [9.17, 15) is 0 Å². The van der Waals surface area contributed by atoms with Crippen molar-refractivity contribution in [1.82, 2.24) is 9.45 Å². The van der Waals surface area contributed by atoms with Crippen LogP contribution < -0.4 is 4.57 Å². The number of aromatic nitrogens is 2. The summed E-state index contributed by atoms with van der Waals surface area (Å²) in [5, 5.41) is 4.77. The van der Waals surface area contributed by atoms with Gasteiger partial charge in [-0.25, -0.2) is 0 Å². The SMILES string of the molecule is CC[Si]1(CC)CC[Si](CC)(CC)N(c2cnn([Si](C)(C)C)c2)C1. The molecule has 0 saturated carbocycles. The fourth-order valence-corrected chi connectivity index (χ4v) is 17.0. The third-order valence-electron chi connectivity index (χ3n) is 6.57. The molecule has 0 bridgehead atoms. The predicted octanol–water partition coefficient (Wildman–Crippen LogP) is 5.40. The first-order chi connectivity index (χ1) is 10.8. The van der Waals surface area contributed by atoms with Gasteiger partial charge in [0.2, 0.25) is 0 Å². The minimum absolute atomic E-state index is 1.10. The fraction of sp³-hybridized carbons (Fsp3) is 0.824. The number of hydrogen-bond acceptors (Lipinski definition) is 2. The maximum absolute atomic E-state index is 4.77. The molecule has 1 fully saturated rings. The van der Waals surface area contributed by atoms with Gasteiger partial charge in [0.15, 0.2) is 16.5 Å². The quantitative estimate of drug-likeness (QED) is 0.628. The summed E-state index contributed by atoms with van der Waals surface area (Å²) >= 11 is 0. The van der Waals surface area contributed by atoms with Gasteiger partial charge in [-0.3, -0.25) is 4.35 Å². The van der Waals surface area contributed by atoms with Crippen LogP contribution in [-0.4, -0.2) is 40.2 Å². The topological polar surface area (TPSA) is 21.1 Å². The molecule has 0 atom stereocenters. The van der Waals surface area contributed by atoms with Crippen molar-refractivity contribution in [3.05, 3.63) is 12.4 Å². The van der Waals surface area contributed by atoms with Gasteiger partial charge < -0.3 is 4.57 Å². The van der Waals surface area contributed by atoms with Crippen LogP contribution in [0.3, 0.4) is 0 Å². The van der Waals surface area contributed by atoms with Gasteiger partial charge in [-0.2, -0.15) is 5.10 Å². The molecule has 2 heterocycles. The summed E-state index contributed by atoms with van der Waals surface area (Å²) in [4.78, 5) is 0. The summed E-state index contributed by atoms with van der Waals surface area (Å²) in [7, 11) is -3.83. The zero-order valence-electron chi connectivity index (χ0n) is 16.4. The number of hydrogen-bond donors (Lipinski definition) is 0. The molecular formula is C17H37N3Si3. The Bertz CT molecular complexity index is 513. The molecular weight excluding hydrogens is 330 g/mol. The van der Waals surface area contributed by atoms with Crippen LogP contribution in [0.5, 0.6) is 0 Å². The van der Waals surface area contributed by atoms with Crippen LogP contribution in [0.2, 0.25) is 55.9 Å². The first kappa shape index (κ1) is 19.0. The molecule has 0 radical (unpaired) electrons. The predicted molar refractivity (Wildman–Crippen MR) is 111 cm³/mol. The molecule has 0 spiro atoms. The molecule has 132 valence electrons. The van der Waals surface area contributed by atoms with Crippen LogP contribution in [0.15, 0.2) is 12.4 Å². The molecule has 1 aliphatic heterocycles. The average Bonchev–Trinajstić information content (AvgIpc) is 3.04. The summed E-state index contributed by atoms with van der Waals surface area (Å²) < 4.78 is 5.22. The van der Waals surface area contributed by atoms with E-state index < -0.39 is 24.5 Å². The smallest absolute Gasteiger partial charge is 0.176 e. The van der Waals surface area contributed by atoms with Crippen LogP contribution >= 0.6 is 0 Å². The molecule has 23 heavy (non-hydrogen) atoms. The Morgan fingerprint density at radius 1 is 1.00 bits per heavy atom. The van der Waals surface area contributed by atoms with Gasteiger partial charge in [0.25, 0.3) is 0 Å². The summed E-state index contributed by atoms with van der Waals surface area (Å²) in [6, 6.07) is 8.76. The van der Waals surface area contributed by atoms with Crippen molar-refractivity contribution in [3.63, 3.8) is 0 Å². The number of anilines is 1. The molecule has 0 N–H and O–H groups in total. The van der Waals surface area contributed by atoms with E-state index in [1.54, 1.807) is 6.04 Å². The fourth-order valence-electron chi connectivity index (χ4n) is 4.21. The lowest BCUT2D eigenvalue weighted by Gasteiger charge is -2.52. The second-order valence-corrected chi connectivity index (χ2v) is 23.5. The van der Waals surface area contributed by atoms with Crippen LogP contribution in [0.4, 0.5) is 5.69 Å². The van der Waals surface area contributed by atoms with Crippen molar-refractivity contribution >= 4 is 30.2 Å². The summed E-state index contributed by atoms with van der Waals surface area (Å²) in [5.74, 6) is 0. The lowest BCUT2D eigenvalue weighted by atomic mass is 10.6. The zero-order chi connectivity index (χ0) is 17.3. The highest BCUT2D eigenvalue weighted by Gasteiger charge is 2.47. The lowest BCUT2D eigenvalue weighted by molar-refractivity contribution is 0.932. The van der Waals surface area contributed by atoms with Gasteiger partial charge in [-0.1, -0.05) is 45.8 Å². The minimum Gasteiger partial charge on any atom is -0.397 e. The number of rotatable bonds is 6. The molecule has 6 heteroatoms. The van der Waals surface area contributed by atoms with Crippen LogP contribution in [0, 0.1) is 0 Å². The highest BCUT2D eigenvalue weighted by atomic mass is 28.3. The van der Waals surface area contributed by atoms with Crippen LogP contribution in [0.1, 0.15) is 27.7 Å². The molecule has 3 nitrogen and oxygen atoms in total. The Morgan fingerprint density at radius 2 is 1.61 bits per heavy atom. The van der Waals surface area contributed by atoms with Gasteiger partial charge in [-0.05, 0) is 37.8 Å². The summed E-state index contributed by atoms with van der Waals surface area (Å²) in [5.41, 5.74) is 1.45. The highest BCUT2D eigenvalue weighted by molar-refractivity contribution is 6.92. The maximum atomic E-state index is 4.77. The monoisotopic (exact) mass is 367 g/mol. The maximum Gasteiger partial charge on any atom is 0.176 e. The Morgan fingerprint density at radius 3 is 2.04 bits per heavy atom. The van der Waals surface area contributed by atoms with Gasteiger partial charge in [0.05, 0.1) is 20.0 Å². The van der Waals surface area contributed by atoms with E-state index in [-0.39, 0.29) is 0 Å². The van der Waals surface area contributed by atoms with Crippen molar-refractivity contribution in [2.45, 2.75) is 83.6 Å². The largest absolute Gasteiger partial charge is 0.397 e. The normalized spacial score (nSPS) is 20.7. The van der Waals surface area contributed by atoms with Gasteiger partial charge in [0, 0.05) is 12.4 Å². The Labute approximate surface area is 146 Å². The van der Waals surface area contributed by atoms with E-state index in [0.717, 1.165) is 0 Å². The van der Waals surface area contributed by atoms with E-state index in [2.05, 4.69) is 68.6 Å². The molecule has 1 aliphatic rings. The van der Waals surface area contributed by atoms with E-state index >= 15 is 0 Å². The Kier molecular flexibility index (Phi) is 5.68. The zero-order valence-corrected chi connectivity index (χ0v) is 19.4. The van der Waals surface area contributed by atoms with Gasteiger partial charge in [0.1, 0.15) is 0 Å². The molecule has 2 rings (SSSR count). The van der Waals surface area contributed by atoms with Gasteiger partial charge in [-0.15, -0.1) is 0 Å². The third-order valence-corrected chi connectivity index (χ3v) is 19.7. The van der Waals surface area contributed by atoms with Crippen molar-refractivity contribution < 1.29 is 0 Å². The Hall–Kier alpha value is -0.339. The lowest BCUT2D eigenvalue weighted by Crippen LogP contribution is -2.64. The summed E-state index contributed by atoms with van der Waals surface area (Å²) in [6.07, 6.45) is 5.96. The van der Waals surface area contributed by atoms with E-state index in [1.165, 1.54) is 42.1 Å². The molecule has 1 saturated heterocycles. The molecule has 0 unspecified atom stereocenters. The van der Waals surface area contributed by atoms with E-state index in [0.29, 0.717) is 0 Å². The summed E-state index contributed by atoms with van der Waals surface area (Å²) in [6.45, 7) is 16.9. The van der Waals surface area contributed by atoms with Crippen molar-refractivity contribution in [3.8, 4) is 0 Å². The molecule has 0 aliphatic carbocycles. The van der Waals surface area contributed by atoms with Crippen molar-refractivity contribution in [2.75, 3.05) is 10.7 Å². The second kappa shape index (κ2) is 6.88. The average molecular weight is 368 g/mol. The molecule has 1 aromatic rings. The molecule has 0 amide bonds. The Balaban J connectivity index is 2.41. The van der Waals surface area contributed by atoms with Crippen molar-refractivity contribution in [1.29, 1.82) is 0 Å². The van der Waals surface area contributed by atoms with Crippen LogP contribution in [-0.2, 0) is 0 Å². The highest BCUT2D eigenvalue weighted by Crippen LogP contribution is 2.41. The first-order valence-corrected chi connectivity index (χ1v) is 18.4. The van der Waals surface area contributed by atoms with Crippen molar-refractivity contribution in [2.24, 2.45) is 0 Å². The second-order valence-electron chi connectivity index (χ2n) is 8.54. The minimum atomic E-state index is -1.39. The van der Waals surface area contributed by atoms with E-state index in [1.807, 2.05) is 0 Å². The first-order valence-electron chi connectivity index (χ1n) is 9.58.